The lowest BCUT2D eigenvalue weighted by atomic mass is 9.93. The molecule has 0 heterocycles. The summed E-state index contributed by atoms with van der Waals surface area (Å²) in [7, 11) is 3.22. The van der Waals surface area contributed by atoms with E-state index in [1.165, 1.54) is 19.2 Å². The third kappa shape index (κ3) is 9.51. The SMILES string of the molecule is COc1cc(F)cc(NCc2cccc(CC(CCCN(C)C=O)C(=O)OC(C)(C)C)c2)c1. The molecule has 0 aliphatic carbocycles. The van der Waals surface area contributed by atoms with Crippen molar-refractivity contribution in [2.75, 3.05) is 26.0 Å². The lowest BCUT2D eigenvalue weighted by molar-refractivity contribution is -0.160. The smallest absolute Gasteiger partial charge is 0.309 e. The van der Waals surface area contributed by atoms with E-state index >= 15 is 0 Å². The van der Waals surface area contributed by atoms with Crippen LogP contribution in [0.15, 0.2) is 42.5 Å². The number of methoxy groups -OCH3 is 1. The maximum absolute atomic E-state index is 13.7. The molecule has 0 aliphatic rings. The number of carbonyl (C=O) groups excluding carboxylic acids is 2. The number of esters is 1. The summed E-state index contributed by atoms with van der Waals surface area (Å²) >= 11 is 0. The van der Waals surface area contributed by atoms with E-state index in [-0.39, 0.29) is 17.7 Å². The molecule has 0 saturated carbocycles. The minimum absolute atomic E-state index is 0.230. The molecule has 7 heteroatoms. The summed E-state index contributed by atoms with van der Waals surface area (Å²) < 4.78 is 24.5. The number of hydrogen-bond donors (Lipinski definition) is 1. The van der Waals surface area contributed by atoms with Gasteiger partial charge >= 0.3 is 5.97 Å². The molecule has 0 bridgehead atoms. The van der Waals surface area contributed by atoms with Gasteiger partial charge in [0, 0.05) is 38.0 Å². The van der Waals surface area contributed by atoms with Gasteiger partial charge in [0.25, 0.3) is 0 Å². The van der Waals surface area contributed by atoms with Crippen LogP contribution < -0.4 is 10.1 Å². The first kappa shape index (κ1) is 26.2. The van der Waals surface area contributed by atoms with Crippen LogP contribution in [0.4, 0.5) is 10.1 Å². The summed E-state index contributed by atoms with van der Waals surface area (Å²) in [4.78, 5) is 25.3. The summed E-state index contributed by atoms with van der Waals surface area (Å²) in [6.07, 6.45) is 2.66. The molecule has 0 aliphatic heterocycles. The zero-order valence-electron chi connectivity index (χ0n) is 20.2. The first-order valence-corrected chi connectivity index (χ1v) is 11.1. The van der Waals surface area contributed by atoms with Gasteiger partial charge < -0.3 is 19.7 Å². The maximum Gasteiger partial charge on any atom is 0.309 e. The van der Waals surface area contributed by atoms with Crippen LogP contribution in [0.3, 0.4) is 0 Å². The van der Waals surface area contributed by atoms with Crippen LogP contribution in [0, 0.1) is 11.7 Å². The van der Waals surface area contributed by atoms with Crippen molar-refractivity contribution in [1.82, 2.24) is 4.90 Å². The normalized spacial score (nSPS) is 12.1. The Balaban J connectivity index is 2.07. The van der Waals surface area contributed by atoms with E-state index in [1.807, 2.05) is 45.0 Å². The second-order valence-electron chi connectivity index (χ2n) is 9.22. The molecule has 0 fully saturated rings. The second kappa shape index (κ2) is 12.2. The third-order valence-electron chi connectivity index (χ3n) is 5.06. The van der Waals surface area contributed by atoms with Gasteiger partial charge in [-0.2, -0.15) is 0 Å². The number of nitrogens with one attached hydrogen (secondary N) is 1. The zero-order chi connectivity index (χ0) is 24.4. The lowest BCUT2D eigenvalue weighted by Gasteiger charge is -2.24. The molecule has 1 unspecified atom stereocenters. The highest BCUT2D eigenvalue weighted by atomic mass is 19.1. The van der Waals surface area contributed by atoms with Crippen LogP contribution >= 0.6 is 0 Å². The van der Waals surface area contributed by atoms with Crippen molar-refractivity contribution in [3.05, 3.63) is 59.4 Å². The van der Waals surface area contributed by atoms with Crippen molar-refractivity contribution < 1.29 is 23.5 Å². The van der Waals surface area contributed by atoms with E-state index in [9.17, 15) is 14.0 Å². The molecule has 1 atom stereocenters. The third-order valence-corrected chi connectivity index (χ3v) is 5.06. The first-order valence-electron chi connectivity index (χ1n) is 11.1. The fourth-order valence-electron chi connectivity index (χ4n) is 3.47. The molecule has 2 aromatic carbocycles. The number of benzene rings is 2. The Hall–Kier alpha value is -3.09. The molecule has 0 aromatic heterocycles. The van der Waals surface area contributed by atoms with Crippen molar-refractivity contribution in [2.45, 2.75) is 52.2 Å². The highest BCUT2D eigenvalue weighted by Gasteiger charge is 2.25. The van der Waals surface area contributed by atoms with Crippen molar-refractivity contribution in [3.8, 4) is 5.75 Å². The highest BCUT2D eigenvalue weighted by molar-refractivity contribution is 5.73. The van der Waals surface area contributed by atoms with Gasteiger partial charge in [0.2, 0.25) is 6.41 Å². The number of amides is 1. The molecule has 33 heavy (non-hydrogen) atoms. The number of ether oxygens (including phenoxy) is 2. The first-order chi connectivity index (χ1) is 15.6. The lowest BCUT2D eigenvalue weighted by Crippen LogP contribution is -2.30. The number of nitrogens with zero attached hydrogens (tertiary/aromatic N) is 1. The molecule has 1 amide bonds. The Labute approximate surface area is 196 Å². The second-order valence-corrected chi connectivity index (χ2v) is 9.22. The predicted octanol–water partition coefficient (Wildman–Crippen LogP) is 4.82. The van der Waals surface area contributed by atoms with Gasteiger partial charge in [0.15, 0.2) is 0 Å². The van der Waals surface area contributed by atoms with Gasteiger partial charge in [-0.25, -0.2) is 4.39 Å². The van der Waals surface area contributed by atoms with Crippen LogP contribution in [0.25, 0.3) is 0 Å². The molecule has 0 spiro atoms. The topological polar surface area (TPSA) is 67.9 Å². The fraction of sp³-hybridized carbons (Fsp3) is 0.462. The zero-order valence-corrected chi connectivity index (χ0v) is 20.2. The molecule has 2 rings (SSSR count). The minimum atomic E-state index is -0.563. The Morgan fingerprint density at radius 2 is 1.91 bits per heavy atom. The fourth-order valence-corrected chi connectivity index (χ4v) is 3.47. The summed E-state index contributed by atoms with van der Waals surface area (Å²) in [5, 5.41) is 3.21. The molecular weight excluding hydrogens is 423 g/mol. The Morgan fingerprint density at radius 1 is 1.18 bits per heavy atom. The largest absolute Gasteiger partial charge is 0.497 e. The van der Waals surface area contributed by atoms with E-state index in [0.29, 0.717) is 43.8 Å². The minimum Gasteiger partial charge on any atom is -0.497 e. The molecule has 2 aromatic rings. The van der Waals surface area contributed by atoms with Gasteiger partial charge in [-0.15, -0.1) is 0 Å². The summed E-state index contributed by atoms with van der Waals surface area (Å²) in [5.74, 6) is -0.454. The highest BCUT2D eigenvalue weighted by Crippen LogP contribution is 2.22. The number of rotatable bonds is 12. The Kier molecular flexibility index (Phi) is 9.70. The molecule has 6 nitrogen and oxygen atoms in total. The van der Waals surface area contributed by atoms with E-state index in [1.54, 1.807) is 18.0 Å². The van der Waals surface area contributed by atoms with Crippen molar-refractivity contribution >= 4 is 18.1 Å². The van der Waals surface area contributed by atoms with Crippen molar-refractivity contribution in [1.29, 1.82) is 0 Å². The maximum atomic E-state index is 13.7. The average Bonchev–Trinajstić information content (AvgIpc) is 2.75. The van der Waals surface area contributed by atoms with Crippen LogP contribution in [-0.2, 0) is 27.3 Å². The number of anilines is 1. The van der Waals surface area contributed by atoms with Gasteiger partial charge in [0.05, 0.1) is 13.0 Å². The van der Waals surface area contributed by atoms with E-state index < -0.39 is 5.60 Å². The predicted molar refractivity (Wildman–Crippen MR) is 128 cm³/mol. The van der Waals surface area contributed by atoms with Gasteiger partial charge in [-0.1, -0.05) is 24.3 Å². The molecule has 180 valence electrons. The van der Waals surface area contributed by atoms with Gasteiger partial charge in [-0.05, 0) is 57.2 Å². The molecule has 1 N–H and O–H groups in total. The standard InChI is InChI=1S/C26H35FN2O4/c1-26(2,3)33-25(31)21(10-7-11-29(4)18-30)13-19-8-6-9-20(12-19)17-28-23-14-22(27)15-24(16-23)32-5/h6,8-9,12,14-16,18,21,28H,7,10-11,13,17H2,1-5H3. The van der Waals surface area contributed by atoms with Crippen LogP contribution in [0.1, 0.15) is 44.7 Å². The van der Waals surface area contributed by atoms with E-state index in [0.717, 1.165) is 17.5 Å². The summed E-state index contributed by atoms with van der Waals surface area (Å²) in [5.41, 5.74) is 2.10. The van der Waals surface area contributed by atoms with Crippen LogP contribution in [-0.4, -0.2) is 43.6 Å². The summed E-state index contributed by atoms with van der Waals surface area (Å²) in [6.45, 7) is 6.66. The summed E-state index contributed by atoms with van der Waals surface area (Å²) in [6, 6.07) is 12.4. The number of carbonyl (C=O) groups is 2. The van der Waals surface area contributed by atoms with Crippen molar-refractivity contribution in [2.24, 2.45) is 5.92 Å². The average molecular weight is 459 g/mol. The van der Waals surface area contributed by atoms with Gasteiger partial charge in [0.1, 0.15) is 17.2 Å². The Bertz CT molecular complexity index is 927. The van der Waals surface area contributed by atoms with E-state index in [2.05, 4.69) is 5.32 Å². The van der Waals surface area contributed by atoms with Gasteiger partial charge in [-0.3, -0.25) is 9.59 Å². The van der Waals surface area contributed by atoms with E-state index in [4.69, 9.17) is 9.47 Å². The van der Waals surface area contributed by atoms with Crippen molar-refractivity contribution in [3.63, 3.8) is 0 Å². The number of hydrogen-bond acceptors (Lipinski definition) is 5. The molecule has 0 saturated heterocycles. The molecular formula is C26H35FN2O4. The quantitative estimate of drug-likeness (QED) is 0.365. The number of halogens is 1. The van der Waals surface area contributed by atoms with Crippen LogP contribution in [0.5, 0.6) is 5.75 Å². The monoisotopic (exact) mass is 458 g/mol. The molecule has 0 radical (unpaired) electrons. The van der Waals surface area contributed by atoms with Crippen LogP contribution in [0.2, 0.25) is 0 Å². The Morgan fingerprint density at radius 3 is 2.58 bits per heavy atom.